The molecule has 2 saturated heterocycles. The summed E-state index contributed by atoms with van der Waals surface area (Å²) in [4.78, 5) is 13.4. The first kappa shape index (κ1) is 15.5. The third-order valence-corrected chi connectivity index (χ3v) is 5.85. The quantitative estimate of drug-likeness (QED) is 0.734. The van der Waals surface area contributed by atoms with Crippen molar-refractivity contribution in [2.75, 3.05) is 25.4 Å². The van der Waals surface area contributed by atoms with Gasteiger partial charge < -0.3 is 15.4 Å². The van der Waals surface area contributed by atoms with E-state index in [1.165, 1.54) is 9.21 Å². The zero-order chi connectivity index (χ0) is 15.3. The number of hydrogen-bond donors (Lipinski definition) is 1. The zero-order valence-electron chi connectivity index (χ0n) is 12.4. The Morgan fingerprint density at radius 2 is 1.95 bits per heavy atom. The average molecular weight is 305 g/mol. The molecule has 0 aromatic heterocycles. The molecular weight excluding hydrogens is 282 g/mol. The summed E-state index contributed by atoms with van der Waals surface area (Å²) in [6, 6.07) is -0.467. The molecule has 116 valence electrons. The smallest absolute Gasteiger partial charge is 0.410 e. The number of ether oxygens (including phenoxy) is 1. The number of rotatable bonds is 1. The molecule has 0 radical (unpaired) electrons. The van der Waals surface area contributed by atoms with Crippen LogP contribution in [0.15, 0.2) is 0 Å². The summed E-state index contributed by atoms with van der Waals surface area (Å²) in [7, 11) is -3.31. The van der Waals surface area contributed by atoms with Gasteiger partial charge in [0.2, 0.25) is 10.0 Å². The van der Waals surface area contributed by atoms with Gasteiger partial charge in [0.25, 0.3) is 0 Å². The summed E-state index contributed by atoms with van der Waals surface area (Å²) < 4.78 is 30.8. The Morgan fingerprint density at radius 3 is 2.40 bits per heavy atom. The van der Waals surface area contributed by atoms with Crippen molar-refractivity contribution in [1.82, 2.24) is 9.21 Å². The number of nitrogens with two attached hydrogens (primary N) is 1. The molecule has 0 aromatic carbocycles. The summed E-state index contributed by atoms with van der Waals surface area (Å²) in [5.41, 5.74) is 4.80. The third kappa shape index (κ3) is 2.40. The van der Waals surface area contributed by atoms with Crippen LogP contribution in [0.4, 0.5) is 4.79 Å². The number of nitrogens with zero attached hydrogens (tertiary/aromatic N) is 2. The Labute approximate surface area is 120 Å². The molecule has 1 spiro atoms. The van der Waals surface area contributed by atoms with E-state index in [2.05, 4.69) is 0 Å². The van der Waals surface area contributed by atoms with Gasteiger partial charge in [0, 0.05) is 25.7 Å². The zero-order valence-corrected chi connectivity index (χ0v) is 13.2. The highest BCUT2D eigenvalue weighted by atomic mass is 32.2. The number of sulfonamides is 1. The van der Waals surface area contributed by atoms with Crippen molar-refractivity contribution in [3.63, 3.8) is 0 Å². The van der Waals surface area contributed by atoms with E-state index in [1.54, 1.807) is 27.7 Å². The van der Waals surface area contributed by atoms with Gasteiger partial charge >= 0.3 is 6.09 Å². The van der Waals surface area contributed by atoms with E-state index < -0.39 is 33.3 Å². The molecule has 2 aliphatic rings. The van der Waals surface area contributed by atoms with Gasteiger partial charge in [0.1, 0.15) is 5.60 Å². The van der Waals surface area contributed by atoms with Crippen molar-refractivity contribution in [2.45, 2.75) is 44.9 Å². The molecule has 1 atom stereocenters. The second-order valence-corrected chi connectivity index (χ2v) is 8.43. The van der Waals surface area contributed by atoms with E-state index in [9.17, 15) is 13.2 Å². The van der Waals surface area contributed by atoms with Crippen molar-refractivity contribution < 1.29 is 17.9 Å². The number of amides is 1. The molecule has 8 heteroatoms. The summed E-state index contributed by atoms with van der Waals surface area (Å²) in [5, 5.41) is 0. The highest BCUT2D eigenvalue weighted by molar-refractivity contribution is 7.89. The van der Waals surface area contributed by atoms with Crippen LogP contribution in [0.5, 0.6) is 0 Å². The van der Waals surface area contributed by atoms with E-state index in [1.807, 2.05) is 0 Å². The first-order chi connectivity index (χ1) is 9.02. The lowest BCUT2D eigenvalue weighted by Crippen LogP contribution is -2.75. The molecule has 0 aliphatic carbocycles. The molecule has 0 aromatic rings. The lowest BCUT2D eigenvalue weighted by Gasteiger charge is -2.52. The van der Waals surface area contributed by atoms with E-state index in [0.717, 1.165) is 0 Å². The Balaban J connectivity index is 2.09. The number of hydrogen-bond acceptors (Lipinski definition) is 5. The lowest BCUT2D eigenvalue weighted by molar-refractivity contribution is -0.0387. The molecule has 0 bridgehead atoms. The van der Waals surface area contributed by atoms with Gasteiger partial charge in [-0.2, -0.15) is 4.31 Å². The second kappa shape index (κ2) is 4.57. The van der Waals surface area contributed by atoms with Crippen LogP contribution in [-0.4, -0.2) is 66.3 Å². The van der Waals surface area contributed by atoms with Crippen LogP contribution < -0.4 is 5.73 Å². The first-order valence-electron chi connectivity index (χ1n) is 6.76. The van der Waals surface area contributed by atoms with Gasteiger partial charge in [-0.05, 0) is 20.8 Å². The third-order valence-electron chi connectivity index (χ3n) is 3.78. The number of carbonyl (C=O) groups is 1. The Hall–Kier alpha value is -0.860. The van der Waals surface area contributed by atoms with Gasteiger partial charge in [-0.3, -0.25) is 0 Å². The SMILES string of the molecule is CCN1C2(CN(C(=O)OC(C)(C)C)C2)C(N)CS1(=O)=O. The minimum atomic E-state index is -3.31. The van der Waals surface area contributed by atoms with Crippen LogP contribution in [-0.2, 0) is 14.8 Å². The van der Waals surface area contributed by atoms with Crippen molar-refractivity contribution >= 4 is 16.1 Å². The monoisotopic (exact) mass is 305 g/mol. The predicted octanol–water partition coefficient (Wildman–Crippen LogP) is -0.0315. The molecular formula is C12H23N3O4S. The van der Waals surface area contributed by atoms with Crippen LogP contribution in [0.1, 0.15) is 27.7 Å². The predicted molar refractivity (Wildman–Crippen MR) is 74.7 cm³/mol. The summed E-state index contributed by atoms with van der Waals surface area (Å²) >= 11 is 0. The van der Waals surface area contributed by atoms with Gasteiger partial charge in [-0.25, -0.2) is 13.2 Å². The van der Waals surface area contributed by atoms with Crippen LogP contribution in [0.2, 0.25) is 0 Å². The maximum atomic E-state index is 12.0. The molecule has 2 fully saturated rings. The van der Waals surface area contributed by atoms with Crippen molar-refractivity contribution in [1.29, 1.82) is 0 Å². The maximum absolute atomic E-state index is 12.0. The van der Waals surface area contributed by atoms with E-state index >= 15 is 0 Å². The van der Waals surface area contributed by atoms with E-state index in [4.69, 9.17) is 10.5 Å². The minimum Gasteiger partial charge on any atom is -0.444 e. The normalized spacial score (nSPS) is 28.4. The fraction of sp³-hybridized carbons (Fsp3) is 0.917. The van der Waals surface area contributed by atoms with Crippen LogP contribution in [0.25, 0.3) is 0 Å². The summed E-state index contributed by atoms with van der Waals surface area (Å²) in [6.07, 6.45) is -0.421. The minimum absolute atomic E-state index is 0.0526. The van der Waals surface area contributed by atoms with Crippen LogP contribution in [0.3, 0.4) is 0 Å². The van der Waals surface area contributed by atoms with Crippen molar-refractivity contribution in [3.8, 4) is 0 Å². The molecule has 1 amide bonds. The second-order valence-electron chi connectivity index (χ2n) is 6.49. The number of likely N-dealkylation sites (N-methyl/N-ethyl adjacent to an activating group) is 1. The molecule has 0 saturated carbocycles. The summed E-state index contributed by atoms with van der Waals surface area (Å²) in [5.74, 6) is -0.0526. The van der Waals surface area contributed by atoms with Crippen molar-refractivity contribution in [2.24, 2.45) is 5.73 Å². The number of carbonyl (C=O) groups excluding carboxylic acids is 1. The lowest BCUT2D eigenvalue weighted by atomic mass is 9.83. The Kier molecular flexibility index (Phi) is 3.55. The topological polar surface area (TPSA) is 92.9 Å². The van der Waals surface area contributed by atoms with E-state index in [-0.39, 0.29) is 5.75 Å². The van der Waals surface area contributed by atoms with Crippen LogP contribution >= 0.6 is 0 Å². The first-order valence-corrected chi connectivity index (χ1v) is 8.37. The largest absolute Gasteiger partial charge is 0.444 e. The average Bonchev–Trinajstić information content (AvgIpc) is 2.38. The highest BCUT2D eigenvalue weighted by Crippen LogP contribution is 2.39. The molecule has 2 aliphatic heterocycles. The highest BCUT2D eigenvalue weighted by Gasteiger charge is 2.62. The van der Waals surface area contributed by atoms with E-state index in [0.29, 0.717) is 19.6 Å². The standard InChI is InChI=1S/C12H23N3O4S/c1-5-15-12(9(13)6-20(15,17)18)7-14(8-12)10(16)19-11(2,3)4/h9H,5-8,13H2,1-4H3. The van der Waals surface area contributed by atoms with Gasteiger partial charge in [0.15, 0.2) is 0 Å². The molecule has 2 heterocycles. The molecule has 20 heavy (non-hydrogen) atoms. The fourth-order valence-electron chi connectivity index (χ4n) is 2.91. The number of likely N-dealkylation sites (tertiary alicyclic amines) is 1. The molecule has 1 unspecified atom stereocenters. The Bertz CT molecular complexity index is 505. The van der Waals surface area contributed by atoms with Gasteiger partial charge in [-0.15, -0.1) is 0 Å². The molecule has 2 rings (SSSR count). The van der Waals surface area contributed by atoms with Crippen LogP contribution in [0, 0.1) is 0 Å². The summed E-state index contributed by atoms with van der Waals surface area (Å²) in [6.45, 7) is 8.15. The van der Waals surface area contributed by atoms with Gasteiger partial charge in [0.05, 0.1) is 11.3 Å². The fourth-order valence-corrected chi connectivity index (χ4v) is 5.05. The molecule has 2 N–H and O–H groups in total. The molecule has 7 nitrogen and oxygen atoms in total. The van der Waals surface area contributed by atoms with Crippen molar-refractivity contribution in [3.05, 3.63) is 0 Å². The van der Waals surface area contributed by atoms with Gasteiger partial charge in [-0.1, -0.05) is 6.92 Å². The Morgan fingerprint density at radius 1 is 1.40 bits per heavy atom. The maximum Gasteiger partial charge on any atom is 0.410 e.